The van der Waals surface area contributed by atoms with Crippen LogP contribution in [0.2, 0.25) is 0 Å². The van der Waals surface area contributed by atoms with Gasteiger partial charge in [-0.1, -0.05) is 67.0 Å². The van der Waals surface area contributed by atoms with Crippen molar-refractivity contribution in [3.63, 3.8) is 0 Å². The maximum atomic E-state index is 13.3. The first-order valence-corrected chi connectivity index (χ1v) is 24.5. The Kier molecular flexibility index (Phi) is 13.4. The van der Waals surface area contributed by atoms with Crippen LogP contribution >= 0.6 is 0 Å². The van der Waals surface area contributed by atoms with Crippen LogP contribution in [0, 0.1) is 49.7 Å². The molecule has 376 valence electrons. The summed E-state index contributed by atoms with van der Waals surface area (Å²) in [5, 5.41) is 88.6. The second-order valence-electron chi connectivity index (χ2n) is 24.0. The Morgan fingerprint density at radius 2 is 1.36 bits per heavy atom. The highest BCUT2D eigenvalue weighted by atomic mass is 16.8. The van der Waals surface area contributed by atoms with Gasteiger partial charge in [0.15, 0.2) is 18.9 Å². The van der Waals surface area contributed by atoms with Gasteiger partial charge in [0.1, 0.15) is 61.0 Å². The van der Waals surface area contributed by atoms with Gasteiger partial charge in [0, 0.05) is 12.3 Å². The molecule has 0 radical (unpaired) electrons. The van der Waals surface area contributed by atoms with Gasteiger partial charge in [-0.05, 0) is 103 Å². The van der Waals surface area contributed by atoms with E-state index < -0.39 is 115 Å². The average Bonchev–Trinajstić information content (AvgIpc) is 3.22. The Morgan fingerprint density at radius 1 is 0.712 bits per heavy atom. The van der Waals surface area contributed by atoms with Crippen LogP contribution in [0.25, 0.3) is 0 Å². The number of aliphatic hydroxyl groups is 7. The van der Waals surface area contributed by atoms with Crippen molar-refractivity contribution in [1.29, 1.82) is 0 Å². The average molecular weight is 938 g/mol. The van der Waals surface area contributed by atoms with Crippen LogP contribution in [-0.4, -0.2) is 159 Å². The number of carbonyl (C=O) groups is 2. The first-order valence-electron chi connectivity index (χ1n) is 24.5. The van der Waals surface area contributed by atoms with E-state index >= 15 is 0 Å². The number of carbonyl (C=O) groups excluding carboxylic acids is 1. The standard InChI is InChI=1S/C49H79NO16/c1-24(51)50-32-36(57)35(56)27(22-63-41-38(34(55)26(53)21-62-41)66-40-37(58)33(54)25(52)20-61-40)64-39(32)65-31-13-14-45(6)28(44(31,4)5)12-15-46(7)29(45)10-11-30-47(46,8)17-19-49(42(59)60)18-16-43(2,3)23-48(30,49)9/h11,25-29,31-41,52-58H,10,12-23H2,1-9H3,(H,50,51)(H,59,60)/t25-,26-,27+,28?,29?,31-,32+,33-,34-,35+,36+,37+,38+,39?,40?,41-,45-,46+,47+,48-,49+/m0/s1. The normalized spacial score (nSPS) is 52.1. The molecule has 3 saturated heterocycles. The Balaban J connectivity index is 1.00. The number of carboxylic acids is 1. The lowest BCUT2D eigenvalue weighted by Crippen LogP contribution is -2.68. The van der Waals surface area contributed by atoms with Gasteiger partial charge < -0.3 is 74.6 Å². The van der Waals surface area contributed by atoms with Crippen molar-refractivity contribution in [2.24, 2.45) is 49.7 Å². The number of aliphatic carboxylic acids is 1. The number of fused-ring (bicyclic) bond motifs is 7. The molecule has 7 fully saturated rings. The number of hydrogen-bond donors (Lipinski definition) is 9. The van der Waals surface area contributed by atoms with Crippen LogP contribution in [0.15, 0.2) is 11.6 Å². The quantitative estimate of drug-likeness (QED) is 0.119. The summed E-state index contributed by atoms with van der Waals surface area (Å²) in [7, 11) is 0. The number of nitrogens with one attached hydrogen (secondary N) is 1. The predicted molar refractivity (Wildman–Crippen MR) is 235 cm³/mol. The molecule has 8 rings (SSSR count). The molecule has 4 unspecified atom stereocenters. The first kappa shape index (κ1) is 50.5. The van der Waals surface area contributed by atoms with E-state index in [2.05, 4.69) is 66.8 Å². The van der Waals surface area contributed by atoms with Gasteiger partial charge in [-0.25, -0.2) is 0 Å². The summed E-state index contributed by atoms with van der Waals surface area (Å²) in [5.74, 6) is -0.544. The van der Waals surface area contributed by atoms with Gasteiger partial charge in [0.05, 0.1) is 31.3 Å². The minimum atomic E-state index is -1.70. The minimum absolute atomic E-state index is 0.0442. The lowest BCUT2D eigenvalue weighted by atomic mass is 9.31. The molecule has 8 aliphatic rings. The molecule has 9 N–H and O–H groups in total. The summed E-state index contributed by atoms with van der Waals surface area (Å²) in [6.07, 6.45) is -7.23. The summed E-state index contributed by atoms with van der Waals surface area (Å²) in [6, 6.07) is -1.14. The molecule has 17 heteroatoms. The number of amides is 1. The van der Waals surface area contributed by atoms with Crippen LogP contribution in [0.1, 0.15) is 127 Å². The van der Waals surface area contributed by atoms with E-state index in [0.29, 0.717) is 25.2 Å². The monoisotopic (exact) mass is 938 g/mol. The molecule has 5 aliphatic carbocycles. The van der Waals surface area contributed by atoms with Gasteiger partial charge in [0.2, 0.25) is 5.91 Å². The van der Waals surface area contributed by atoms with Crippen molar-refractivity contribution in [3.05, 3.63) is 11.6 Å². The Bertz CT molecular complexity index is 1860. The highest BCUT2D eigenvalue weighted by molar-refractivity contribution is 5.78. The molecule has 0 bridgehead atoms. The van der Waals surface area contributed by atoms with Crippen LogP contribution < -0.4 is 5.32 Å². The fraction of sp³-hybridized carbons (Fsp3) is 0.918. The molecular weight excluding hydrogens is 859 g/mol. The molecule has 4 saturated carbocycles. The third kappa shape index (κ3) is 7.84. The van der Waals surface area contributed by atoms with Crippen LogP contribution in [0.5, 0.6) is 0 Å². The second-order valence-corrected chi connectivity index (χ2v) is 24.0. The summed E-state index contributed by atoms with van der Waals surface area (Å²) >= 11 is 0. The number of carboxylic acid groups (broad SMARTS) is 1. The molecule has 21 atom stereocenters. The summed E-state index contributed by atoms with van der Waals surface area (Å²) in [6.45, 7) is 18.9. The van der Waals surface area contributed by atoms with Gasteiger partial charge in [-0.15, -0.1) is 0 Å². The van der Waals surface area contributed by atoms with Crippen molar-refractivity contribution in [3.8, 4) is 0 Å². The smallest absolute Gasteiger partial charge is 0.310 e. The van der Waals surface area contributed by atoms with Crippen molar-refractivity contribution >= 4 is 11.9 Å². The highest BCUT2D eigenvalue weighted by Crippen LogP contribution is 2.78. The molecular formula is C49H79NO16. The molecule has 0 aromatic heterocycles. The third-order valence-corrected chi connectivity index (χ3v) is 19.5. The lowest BCUT2D eigenvalue weighted by molar-refractivity contribution is -0.352. The number of allylic oxidation sites excluding steroid dienone is 2. The Hall–Kier alpha value is -1.84. The summed E-state index contributed by atoms with van der Waals surface area (Å²) < 4.78 is 36.1. The third-order valence-electron chi connectivity index (χ3n) is 19.5. The maximum absolute atomic E-state index is 13.3. The zero-order valence-corrected chi connectivity index (χ0v) is 40.4. The first-order chi connectivity index (χ1) is 30.7. The molecule has 0 spiro atoms. The lowest BCUT2D eigenvalue weighted by Gasteiger charge is -2.73. The van der Waals surface area contributed by atoms with Crippen molar-refractivity contribution in [1.82, 2.24) is 5.32 Å². The fourth-order valence-corrected chi connectivity index (χ4v) is 15.7. The Morgan fingerprint density at radius 3 is 2.03 bits per heavy atom. The van der Waals surface area contributed by atoms with Crippen LogP contribution in [0.3, 0.4) is 0 Å². The predicted octanol–water partition coefficient (Wildman–Crippen LogP) is 2.52. The molecule has 66 heavy (non-hydrogen) atoms. The SMILES string of the molecule is CC(=O)N[C@H]1C(O[C@H]2CC[C@@]3(C)C(CC[C@]4(C)C3CC=C3[C@]5(C)CC(C)(C)CC[C@]5(C(=O)O)CC[C@]34C)C2(C)C)O[C@H](CO[C@@H]2OC[C@H](O)[C@H](O)[C@H]2OC2OC[C@H](O)[C@H](O)[C@H]2O)[C@@H](O)[C@@H]1O. The zero-order chi connectivity index (χ0) is 48.3. The minimum Gasteiger partial charge on any atom is -0.481 e. The molecule has 1 amide bonds. The van der Waals surface area contributed by atoms with Gasteiger partial charge >= 0.3 is 5.97 Å². The van der Waals surface area contributed by atoms with Crippen molar-refractivity contribution in [2.45, 2.75) is 212 Å². The zero-order valence-electron chi connectivity index (χ0n) is 40.4. The van der Waals surface area contributed by atoms with E-state index in [1.54, 1.807) is 0 Å². The van der Waals surface area contributed by atoms with E-state index in [-0.39, 0.29) is 46.9 Å². The van der Waals surface area contributed by atoms with Crippen molar-refractivity contribution in [2.75, 3.05) is 19.8 Å². The number of ether oxygens (including phenoxy) is 6. The highest BCUT2D eigenvalue weighted by Gasteiger charge is 2.72. The molecule has 17 nitrogen and oxygen atoms in total. The summed E-state index contributed by atoms with van der Waals surface area (Å²) in [4.78, 5) is 25.9. The van der Waals surface area contributed by atoms with Crippen LogP contribution in [-0.2, 0) is 38.0 Å². The largest absolute Gasteiger partial charge is 0.481 e. The number of aliphatic hydroxyl groups excluding tert-OH is 7. The Labute approximate surface area is 388 Å². The molecule has 3 aliphatic heterocycles. The van der Waals surface area contributed by atoms with Gasteiger partial charge in [-0.3, -0.25) is 9.59 Å². The summed E-state index contributed by atoms with van der Waals surface area (Å²) in [5.41, 5.74) is -0.515. The van der Waals surface area contributed by atoms with Crippen LogP contribution in [0.4, 0.5) is 0 Å². The van der Waals surface area contributed by atoms with E-state index in [0.717, 1.165) is 44.9 Å². The van der Waals surface area contributed by atoms with E-state index in [1.165, 1.54) is 12.5 Å². The van der Waals surface area contributed by atoms with E-state index in [1.807, 2.05) is 0 Å². The maximum Gasteiger partial charge on any atom is 0.310 e. The number of hydrogen-bond acceptors (Lipinski definition) is 15. The molecule has 0 aromatic rings. The van der Waals surface area contributed by atoms with Gasteiger partial charge in [-0.2, -0.15) is 0 Å². The topological polar surface area (TPSA) is 263 Å². The van der Waals surface area contributed by atoms with Crippen molar-refractivity contribution < 1.29 is 78.9 Å². The molecule has 3 heterocycles. The van der Waals surface area contributed by atoms with Gasteiger partial charge in [0.25, 0.3) is 0 Å². The van der Waals surface area contributed by atoms with E-state index in [4.69, 9.17) is 28.4 Å². The number of rotatable bonds is 9. The van der Waals surface area contributed by atoms with E-state index in [9.17, 15) is 50.4 Å². The molecule has 0 aromatic carbocycles. The second kappa shape index (κ2) is 17.5. The fourth-order valence-electron chi connectivity index (χ4n) is 15.7.